The van der Waals surface area contributed by atoms with Crippen LogP contribution in [0.15, 0.2) is 18.2 Å². The Kier molecular flexibility index (Phi) is 1.43. The number of nitrogens with one attached hydrogen (secondary N) is 1. The normalized spacial score (nSPS) is 10.7. The van der Waals surface area contributed by atoms with E-state index >= 15 is 0 Å². The van der Waals surface area contributed by atoms with Gasteiger partial charge in [-0.1, -0.05) is 12.1 Å². The van der Waals surface area contributed by atoms with Crippen molar-refractivity contribution in [3.63, 3.8) is 0 Å². The Bertz CT molecular complexity index is 392. The number of imidazole rings is 1. The number of H-pyrrole nitrogens is 1. The fourth-order valence-corrected chi connectivity index (χ4v) is 1.51. The van der Waals surface area contributed by atoms with Gasteiger partial charge in [0.25, 0.3) is 0 Å². The number of rotatable bonds is 0. The third-order valence-electron chi connectivity index (χ3n) is 1.66. The van der Waals surface area contributed by atoms with Crippen LogP contribution in [0, 0.1) is 6.92 Å². The van der Waals surface area contributed by atoms with Crippen LogP contribution in [0.5, 0.6) is 0 Å². The molecule has 0 saturated carbocycles. The summed E-state index contributed by atoms with van der Waals surface area (Å²) in [5.74, 6) is 0.968. The molecule has 0 bridgehead atoms. The Balaban J connectivity index is 2.90. The van der Waals surface area contributed by atoms with Gasteiger partial charge in [-0.2, -0.15) is 0 Å². The van der Waals surface area contributed by atoms with Crippen LogP contribution in [-0.4, -0.2) is 9.97 Å². The first-order valence-corrected chi connectivity index (χ1v) is 4.06. The highest BCUT2D eigenvalue weighted by molar-refractivity contribution is 7.28. The van der Waals surface area contributed by atoms with E-state index in [1.54, 1.807) is 0 Å². The van der Waals surface area contributed by atoms with Crippen molar-refractivity contribution in [3.8, 4) is 0 Å². The maximum absolute atomic E-state index is 4.34. The average Bonchev–Trinajstić information content (AvgIpc) is 2.31. The maximum atomic E-state index is 4.34. The van der Waals surface area contributed by atoms with Crippen LogP contribution in [0.2, 0.25) is 0 Å². The summed E-state index contributed by atoms with van der Waals surface area (Å²) < 4.78 is 0. The van der Waals surface area contributed by atoms with E-state index in [4.69, 9.17) is 0 Å². The molecule has 0 aliphatic carbocycles. The monoisotopic (exact) mass is 164 g/mol. The molecule has 0 fully saturated rings. The second-order valence-corrected chi connectivity index (χ2v) is 3.19. The number of aromatic amines is 1. The molecule has 0 radical (unpaired) electrons. The van der Waals surface area contributed by atoms with Crippen LogP contribution in [0.1, 0.15) is 5.82 Å². The molecule has 2 nitrogen and oxygen atoms in total. The van der Waals surface area contributed by atoms with Crippen molar-refractivity contribution in [1.29, 1.82) is 0 Å². The van der Waals surface area contributed by atoms with Crippen molar-refractivity contribution in [3.05, 3.63) is 24.0 Å². The Morgan fingerprint density at radius 2 is 2.27 bits per heavy atom. The lowest BCUT2D eigenvalue weighted by molar-refractivity contribution is 1.17. The zero-order chi connectivity index (χ0) is 7.84. The molecule has 0 amide bonds. The summed E-state index contributed by atoms with van der Waals surface area (Å²) in [4.78, 5) is 7.51. The number of hydrogen-bond donors (Lipinski definition) is 1. The lowest BCUT2D eigenvalue weighted by atomic mass is 10.3. The first-order chi connectivity index (χ1) is 5.27. The zero-order valence-corrected chi connectivity index (χ0v) is 7.41. The van der Waals surface area contributed by atoms with Gasteiger partial charge in [0.2, 0.25) is 0 Å². The number of hydrogen-bond acceptors (Lipinski definition) is 1. The Labute approximate surface area is 67.2 Å². The third-order valence-corrected chi connectivity index (χ3v) is 2.13. The fraction of sp³-hybridized carbons (Fsp3) is 0.125. The molecule has 0 spiro atoms. The van der Waals surface area contributed by atoms with E-state index in [1.807, 2.05) is 25.1 Å². The lowest BCUT2D eigenvalue weighted by Gasteiger charge is -1.90. The largest absolute Gasteiger partial charge is 0.342 e. The van der Waals surface area contributed by atoms with Crippen LogP contribution in [0.4, 0.5) is 0 Å². The van der Waals surface area contributed by atoms with Crippen LogP contribution in [0.3, 0.4) is 0 Å². The molecule has 1 heterocycles. The van der Waals surface area contributed by atoms with Gasteiger partial charge < -0.3 is 4.98 Å². The van der Waals surface area contributed by atoms with Gasteiger partial charge in [-0.3, -0.25) is 0 Å². The predicted octanol–water partition coefficient (Wildman–Crippen LogP) is 1.37. The number of aryl methyl sites for hydroxylation is 1. The molecule has 0 aliphatic heterocycles. The zero-order valence-electron chi connectivity index (χ0n) is 6.26. The molecule has 56 valence electrons. The molecular weight excluding hydrogens is 155 g/mol. The molecule has 0 saturated heterocycles. The number of fused-ring (bicyclic) bond motifs is 1. The number of aromatic nitrogens is 2. The first-order valence-electron chi connectivity index (χ1n) is 3.48. The smallest absolute Gasteiger partial charge is 0.104 e. The van der Waals surface area contributed by atoms with Gasteiger partial charge in [0.05, 0.1) is 11.0 Å². The highest BCUT2D eigenvalue weighted by Gasteiger charge is 1.99. The second kappa shape index (κ2) is 2.31. The second-order valence-electron chi connectivity index (χ2n) is 2.57. The van der Waals surface area contributed by atoms with Crippen molar-refractivity contribution in [2.24, 2.45) is 0 Å². The Morgan fingerprint density at radius 3 is 3.00 bits per heavy atom. The highest BCUT2D eigenvalue weighted by Crippen LogP contribution is 2.09. The Hall–Kier alpha value is -0.880. The summed E-state index contributed by atoms with van der Waals surface area (Å²) in [6.45, 7) is 1.96. The lowest BCUT2D eigenvalue weighted by Crippen LogP contribution is -1.90. The van der Waals surface area contributed by atoms with E-state index in [-0.39, 0.29) is 0 Å². The van der Waals surface area contributed by atoms with Crippen LogP contribution >= 0.6 is 9.24 Å². The van der Waals surface area contributed by atoms with E-state index in [1.165, 1.54) is 0 Å². The SMILES string of the molecule is Cc1nc2c(P)cccc2[nH]1. The molecular formula is C8H9N2P. The molecule has 1 unspecified atom stereocenters. The summed E-state index contributed by atoms with van der Waals surface area (Å²) in [6.07, 6.45) is 0. The van der Waals surface area contributed by atoms with E-state index in [9.17, 15) is 0 Å². The summed E-state index contributed by atoms with van der Waals surface area (Å²) >= 11 is 0. The van der Waals surface area contributed by atoms with Gasteiger partial charge in [0, 0.05) is 0 Å². The summed E-state index contributed by atoms with van der Waals surface area (Å²) in [5.41, 5.74) is 2.16. The third kappa shape index (κ3) is 1.04. The van der Waals surface area contributed by atoms with Crippen LogP contribution in [-0.2, 0) is 0 Å². The standard InChI is InChI=1S/C8H9N2P/c1-5-9-6-3-2-4-7(11)8(6)10-5/h2-4H,11H2,1H3,(H,9,10). The van der Waals surface area contributed by atoms with Crippen molar-refractivity contribution >= 4 is 25.6 Å². The van der Waals surface area contributed by atoms with E-state index in [0.717, 1.165) is 22.2 Å². The minimum absolute atomic E-state index is 0.968. The predicted molar refractivity (Wildman–Crippen MR) is 50.2 cm³/mol. The minimum atomic E-state index is 0.968. The van der Waals surface area contributed by atoms with Crippen molar-refractivity contribution in [1.82, 2.24) is 9.97 Å². The van der Waals surface area contributed by atoms with Gasteiger partial charge >= 0.3 is 0 Å². The first kappa shape index (κ1) is 6.81. The maximum Gasteiger partial charge on any atom is 0.104 e. The van der Waals surface area contributed by atoms with Crippen molar-refractivity contribution in [2.45, 2.75) is 6.92 Å². The molecule has 1 N–H and O–H groups in total. The van der Waals surface area contributed by atoms with E-state index in [2.05, 4.69) is 19.2 Å². The van der Waals surface area contributed by atoms with Crippen LogP contribution in [0.25, 0.3) is 11.0 Å². The van der Waals surface area contributed by atoms with Gasteiger partial charge in [0.15, 0.2) is 0 Å². The molecule has 2 rings (SSSR count). The van der Waals surface area contributed by atoms with Gasteiger partial charge in [-0.25, -0.2) is 4.98 Å². The number of para-hydroxylation sites is 1. The fourth-order valence-electron chi connectivity index (χ4n) is 1.18. The number of nitrogens with zero attached hydrogens (tertiary/aromatic N) is 1. The van der Waals surface area contributed by atoms with Crippen molar-refractivity contribution in [2.75, 3.05) is 0 Å². The number of benzene rings is 1. The summed E-state index contributed by atoms with van der Waals surface area (Å²) in [7, 11) is 2.67. The molecule has 1 atom stereocenters. The molecule has 1 aromatic carbocycles. The topological polar surface area (TPSA) is 28.7 Å². The average molecular weight is 164 g/mol. The Morgan fingerprint density at radius 1 is 1.45 bits per heavy atom. The molecule has 3 heteroatoms. The quantitative estimate of drug-likeness (QED) is 0.585. The van der Waals surface area contributed by atoms with E-state index in [0.29, 0.717) is 0 Å². The molecule has 0 aliphatic rings. The van der Waals surface area contributed by atoms with Gasteiger partial charge in [0.1, 0.15) is 5.82 Å². The van der Waals surface area contributed by atoms with Crippen molar-refractivity contribution < 1.29 is 0 Å². The summed E-state index contributed by atoms with van der Waals surface area (Å²) in [6, 6.07) is 6.08. The molecule has 11 heavy (non-hydrogen) atoms. The molecule has 2 aromatic rings. The van der Waals surface area contributed by atoms with E-state index < -0.39 is 0 Å². The summed E-state index contributed by atoms with van der Waals surface area (Å²) in [5, 5.41) is 1.15. The van der Waals surface area contributed by atoms with Gasteiger partial charge in [-0.05, 0) is 18.3 Å². The highest BCUT2D eigenvalue weighted by atomic mass is 31.0. The van der Waals surface area contributed by atoms with Gasteiger partial charge in [-0.15, -0.1) is 9.24 Å². The van der Waals surface area contributed by atoms with Crippen LogP contribution < -0.4 is 5.30 Å². The molecule has 1 aromatic heterocycles. The minimum Gasteiger partial charge on any atom is -0.342 e.